The van der Waals surface area contributed by atoms with Crippen molar-refractivity contribution in [3.63, 3.8) is 0 Å². The van der Waals surface area contributed by atoms with E-state index in [0.29, 0.717) is 45.2 Å². The highest BCUT2D eigenvalue weighted by Crippen LogP contribution is 2.35. The summed E-state index contributed by atoms with van der Waals surface area (Å²) in [7, 11) is 11.1. The second kappa shape index (κ2) is 40.6. The number of oxazole rings is 2. The number of rotatable bonds is 18. The first-order valence-electron chi connectivity index (χ1n) is 38.6. The molecular weight excluding hydrogens is 1410 g/mol. The van der Waals surface area contributed by atoms with Crippen LogP contribution in [0.15, 0.2) is 86.3 Å². The van der Waals surface area contributed by atoms with Crippen LogP contribution in [-0.4, -0.2) is 212 Å². The van der Waals surface area contributed by atoms with Crippen LogP contribution >= 0.6 is 22.7 Å². The molecule has 7 N–H and O–H groups in total. The fourth-order valence-corrected chi connectivity index (χ4v) is 16.3. The minimum absolute atomic E-state index is 0.0419. The average molecular weight is 1540 g/mol. The van der Waals surface area contributed by atoms with Crippen LogP contribution in [-0.2, 0) is 68.0 Å². The Bertz CT molecular complexity index is 3020. The summed E-state index contributed by atoms with van der Waals surface area (Å²) in [6.45, 7) is 28.8. The molecule has 28 nitrogen and oxygen atoms in total. The van der Waals surface area contributed by atoms with Crippen molar-refractivity contribution in [2.45, 2.75) is 307 Å². The molecule has 0 radical (unpaired) electrons. The van der Waals surface area contributed by atoms with Crippen molar-refractivity contribution in [2.75, 3.05) is 42.3 Å². The second-order valence-corrected chi connectivity index (χ2v) is 34.6. The van der Waals surface area contributed by atoms with Gasteiger partial charge in [-0.15, -0.1) is 22.7 Å². The molecule has 0 bridgehead atoms. The van der Waals surface area contributed by atoms with E-state index >= 15 is 0 Å². The van der Waals surface area contributed by atoms with Gasteiger partial charge >= 0.3 is 0 Å². The maximum atomic E-state index is 12.6. The molecule has 6 unspecified atom stereocenters. The Hall–Kier alpha value is -7.32. The van der Waals surface area contributed by atoms with E-state index in [0.717, 1.165) is 143 Å². The van der Waals surface area contributed by atoms with E-state index in [9.17, 15) is 28.8 Å². The standard InChI is InChI=1S/C13H22N4O.3C13H21N3O2.2C13H21N3OS/c1-13(2)6-4-5-10(14-3)12(18)17(13)9-11-15-7-8-16-11;1-13(2)7-4-5-11(14-3)12(17)16(13)9-10-6-8-15-18-10;1-13(2)6-4-5-11(14-3)12(17)16(13)8-10-7-15-9-18-10;1-13(2)6-4-5-10(14-3)12(17)16(13)9-11-15-7-8-18-11;1-13(2)6-4-5-11(14-3)12(17)16(13)8-10-7-15-9-18-10;1-13(2)6-4-5-10(14-3)12(17)16(13)9-11-15-7-8-18-11/h7-8,10,14H,4-6,9H2,1-3H3,(H,15,16);6,8,11,14H,4-5,7,9H2,1-3H3;7,9,11,14H,4-6,8H2,1-3H3;7-8,10,14H,4-6,9H2,1-3H3;7,9,11,14H,4-6,8H2,1-3H3;7-8,10,14H,4-6,9H2,1-3H3. The molecule has 0 saturated carbocycles. The number of carbonyl (C=O) groups excluding carboxylic acids is 6. The Kier molecular flexibility index (Phi) is 33.0. The Morgan fingerprint density at radius 2 is 0.824 bits per heavy atom. The predicted molar refractivity (Wildman–Crippen MR) is 420 cm³/mol. The molecule has 108 heavy (non-hydrogen) atoms. The molecule has 12 rings (SSSR count). The van der Waals surface area contributed by atoms with Crippen molar-refractivity contribution in [1.82, 2.24) is 96.4 Å². The first-order valence-corrected chi connectivity index (χ1v) is 40.3. The van der Waals surface area contributed by atoms with Crippen molar-refractivity contribution in [1.29, 1.82) is 0 Å². The monoisotopic (exact) mass is 1540 g/mol. The third-order valence-electron chi connectivity index (χ3n) is 22.4. The summed E-state index contributed by atoms with van der Waals surface area (Å²) in [5, 5.41) is 25.4. The molecular formula is C78H127N19O9S2. The summed E-state index contributed by atoms with van der Waals surface area (Å²) in [4.78, 5) is 112. The van der Waals surface area contributed by atoms with E-state index in [2.05, 4.69) is 150 Å². The van der Waals surface area contributed by atoms with Crippen molar-refractivity contribution in [2.24, 2.45) is 0 Å². The fraction of sp³-hybridized carbons (Fsp3) is 0.692. The number of likely N-dealkylation sites (tertiary alicyclic amines) is 6. The molecule has 6 saturated heterocycles. The molecule has 6 aromatic heterocycles. The van der Waals surface area contributed by atoms with Crippen molar-refractivity contribution in [3.8, 4) is 0 Å². The Morgan fingerprint density at radius 3 is 1.15 bits per heavy atom. The highest BCUT2D eigenvalue weighted by atomic mass is 32.1. The lowest BCUT2D eigenvalue weighted by atomic mass is 9.97. The van der Waals surface area contributed by atoms with Crippen LogP contribution < -0.4 is 31.9 Å². The van der Waals surface area contributed by atoms with Gasteiger partial charge in [0.05, 0.1) is 99.6 Å². The summed E-state index contributed by atoms with van der Waals surface area (Å²) in [5.74, 6) is 3.92. The third kappa shape index (κ3) is 24.3. The van der Waals surface area contributed by atoms with Gasteiger partial charge in [-0.05, 0) is 241 Å². The zero-order valence-corrected chi connectivity index (χ0v) is 69.4. The van der Waals surface area contributed by atoms with Gasteiger partial charge in [0.2, 0.25) is 41.3 Å². The molecule has 600 valence electrons. The van der Waals surface area contributed by atoms with Gasteiger partial charge in [0, 0.05) is 74.3 Å². The number of aromatic nitrogens is 7. The minimum atomic E-state index is -0.156. The number of amides is 6. The van der Waals surface area contributed by atoms with Crippen LogP contribution in [0.25, 0.3) is 0 Å². The molecule has 6 fully saturated rings. The zero-order chi connectivity index (χ0) is 79.0. The van der Waals surface area contributed by atoms with Gasteiger partial charge in [-0.25, -0.2) is 19.9 Å². The van der Waals surface area contributed by atoms with E-state index in [1.165, 1.54) is 6.39 Å². The molecule has 0 aliphatic carbocycles. The highest BCUT2D eigenvalue weighted by Gasteiger charge is 2.43. The molecule has 30 heteroatoms. The molecule has 0 aromatic carbocycles. The van der Waals surface area contributed by atoms with Gasteiger partial charge in [0.15, 0.2) is 12.2 Å². The minimum Gasteiger partial charge on any atom is -0.447 e. The van der Waals surface area contributed by atoms with Gasteiger partial charge in [-0.1, -0.05) is 5.16 Å². The van der Waals surface area contributed by atoms with Crippen molar-refractivity contribution in [3.05, 3.63) is 106 Å². The number of likely N-dealkylation sites (N-methyl/N-ethyl adjacent to an activating group) is 6. The molecule has 6 atom stereocenters. The van der Waals surface area contributed by atoms with Gasteiger partial charge < -0.3 is 79.6 Å². The van der Waals surface area contributed by atoms with Gasteiger partial charge in [-0.3, -0.25) is 33.8 Å². The second-order valence-electron chi connectivity index (χ2n) is 32.6. The van der Waals surface area contributed by atoms with Crippen LogP contribution in [0.1, 0.15) is 232 Å². The first-order chi connectivity index (χ1) is 51.3. The maximum Gasteiger partial charge on any atom is 0.240 e. The average Bonchev–Trinajstić information content (AvgIpc) is 1.63. The van der Waals surface area contributed by atoms with Crippen molar-refractivity contribution < 1.29 is 42.1 Å². The number of imidazole rings is 1. The van der Waals surface area contributed by atoms with Crippen LogP contribution in [0.3, 0.4) is 0 Å². The summed E-state index contributed by atoms with van der Waals surface area (Å²) in [6, 6.07) is 1.38. The number of hydrogen-bond donors (Lipinski definition) is 7. The molecule has 6 aliphatic heterocycles. The lowest BCUT2D eigenvalue weighted by molar-refractivity contribution is -0.139. The van der Waals surface area contributed by atoms with E-state index in [1.54, 1.807) is 66.1 Å². The number of thiazole rings is 2. The number of carbonyl (C=O) groups is 6. The van der Waals surface area contributed by atoms with Crippen LogP contribution in [0.4, 0.5) is 0 Å². The molecule has 0 spiro atoms. The Labute approximate surface area is 649 Å². The molecule has 6 amide bonds. The van der Waals surface area contributed by atoms with E-state index in [-0.39, 0.29) is 105 Å². The molecule has 12 heterocycles. The molecule has 6 aromatic rings. The number of nitrogens with zero attached hydrogens (tertiary/aromatic N) is 12. The SMILES string of the molecule is CNC1CCCC(C)(C)N(Cc2ccno2)C1=O.CNC1CCCC(C)(C)N(Cc2cnco2)C1=O.CNC1CCCC(C)(C)N(Cc2cncs2)C1=O.CNC1CCCC(C)(C)N(Cc2ncc[nH]2)C1=O.CNC1CCCC(C)(C)N(Cc2ncco2)C1=O.CNC1CCCC(C)(C)N(Cc2nccs2)C1=O. The third-order valence-corrected chi connectivity index (χ3v) is 23.9. The summed E-state index contributed by atoms with van der Waals surface area (Å²) < 4.78 is 15.6. The largest absolute Gasteiger partial charge is 0.447 e. The van der Waals surface area contributed by atoms with Gasteiger partial charge in [0.1, 0.15) is 22.9 Å². The fourth-order valence-electron chi connectivity index (χ4n) is 15.2. The Morgan fingerprint density at radius 1 is 0.426 bits per heavy atom. The summed E-state index contributed by atoms with van der Waals surface area (Å²) >= 11 is 3.22. The smallest absolute Gasteiger partial charge is 0.240 e. The Balaban J connectivity index is 0.000000180. The highest BCUT2D eigenvalue weighted by molar-refractivity contribution is 7.09. The van der Waals surface area contributed by atoms with E-state index < -0.39 is 0 Å². The van der Waals surface area contributed by atoms with Gasteiger partial charge in [-0.2, -0.15) is 0 Å². The number of hydrogen-bond acceptors (Lipinski definition) is 23. The van der Waals surface area contributed by atoms with Crippen molar-refractivity contribution >= 4 is 58.1 Å². The number of H-pyrrole nitrogens is 1. The quantitative estimate of drug-likeness (QED) is 0.0421. The topological polar surface area (TPSA) is 327 Å². The number of aromatic amines is 1. The number of nitrogens with one attached hydrogen (secondary N) is 7. The zero-order valence-electron chi connectivity index (χ0n) is 67.7. The lowest BCUT2D eigenvalue weighted by Crippen LogP contribution is -2.51. The molecule has 6 aliphatic rings. The first kappa shape index (κ1) is 87.9. The van der Waals surface area contributed by atoms with E-state index in [1.807, 2.05) is 94.8 Å². The summed E-state index contributed by atoms with van der Waals surface area (Å²) in [6.07, 6.45) is 33.0. The van der Waals surface area contributed by atoms with Gasteiger partial charge in [0.25, 0.3) is 0 Å². The normalized spacial score (nSPS) is 24.1. The predicted octanol–water partition coefficient (Wildman–Crippen LogP) is 9.99. The van der Waals surface area contributed by atoms with Crippen LogP contribution in [0, 0.1) is 0 Å². The maximum absolute atomic E-state index is 12.6. The summed E-state index contributed by atoms with van der Waals surface area (Å²) in [5.41, 5.74) is 1.10. The van der Waals surface area contributed by atoms with Crippen LogP contribution in [0.2, 0.25) is 0 Å². The van der Waals surface area contributed by atoms with E-state index in [4.69, 9.17) is 13.4 Å². The lowest BCUT2D eigenvalue weighted by Gasteiger charge is -2.38. The van der Waals surface area contributed by atoms with Crippen LogP contribution in [0.5, 0.6) is 0 Å².